The number of ether oxygens (including phenoxy) is 2. The summed E-state index contributed by atoms with van der Waals surface area (Å²) in [5, 5.41) is 3.05. The normalized spacial score (nSPS) is 12.4. The molecule has 1 aromatic carbocycles. The van der Waals surface area contributed by atoms with Crippen LogP contribution >= 0.6 is 12.4 Å². The molecule has 7 heteroatoms. The maximum atomic E-state index is 12.6. The third-order valence-electron chi connectivity index (χ3n) is 3.87. The van der Waals surface area contributed by atoms with E-state index in [0.717, 1.165) is 29.2 Å². The van der Waals surface area contributed by atoms with Crippen LogP contribution in [0.3, 0.4) is 0 Å². The highest BCUT2D eigenvalue weighted by Crippen LogP contribution is 2.35. The first-order valence-electron chi connectivity index (χ1n) is 7.67. The van der Waals surface area contributed by atoms with E-state index in [4.69, 9.17) is 9.47 Å². The minimum Gasteiger partial charge on any atom is -0.486 e. The lowest BCUT2D eigenvalue weighted by Crippen LogP contribution is -2.32. The number of nitrogens with zero attached hydrogens (tertiary/aromatic N) is 1. The molecule has 1 aliphatic rings. The highest BCUT2D eigenvalue weighted by molar-refractivity contribution is 6.00. The van der Waals surface area contributed by atoms with Crippen LogP contribution in [-0.2, 0) is 0 Å². The summed E-state index contributed by atoms with van der Waals surface area (Å²) in [6, 6.07) is 5.75. The van der Waals surface area contributed by atoms with Crippen LogP contribution in [-0.4, -0.2) is 56.2 Å². The molecular weight excluding hydrogens is 330 g/mol. The minimum atomic E-state index is -0.00797. The Morgan fingerprint density at radius 1 is 1.25 bits per heavy atom. The highest BCUT2D eigenvalue weighted by Gasteiger charge is 2.19. The van der Waals surface area contributed by atoms with E-state index in [0.29, 0.717) is 25.3 Å². The molecule has 0 atom stereocenters. The number of carbonyl (C=O) groups excluding carboxylic acids is 1. The molecule has 24 heavy (non-hydrogen) atoms. The molecule has 0 spiro atoms. The van der Waals surface area contributed by atoms with Gasteiger partial charge in [-0.1, -0.05) is 6.07 Å². The summed E-state index contributed by atoms with van der Waals surface area (Å²) in [4.78, 5) is 17.4. The van der Waals surface area contributed by atoms with E-state index < -0.39 is 0 Å². The average Bonchev–Trinajstić information content (AvgIpc) is 3.08. The lowest BCUT2D eigenvalue weighted by Gasteiger charge is -2.20. The lowest BCUT2D eigenvalue weighted by atomic mass is 10.0. The van der Waals surface area contributed by atoms with Gasteiger partial charge in [-0.05, 0) is 24.7 Å². The fraction of sp³-hybridized carbons (Fsp3) is 0.353. The third kappa shape index (κ3) is 3.66. The molecule has 0 aliphatic carbocycles. The van der Waals surface area contributed by atoms with Gasteiger partial charge in [0.1, 0.15) is 13.2 Å². The Labute approximate surface area is 147 Å². The predicted molar refractivity (Wildman–Crippen MR) is 95.4 cm³/mol. The van der Waals surface area contributed by atoms with E-state index in [-0.39, 0.29) is 18.3 Å². The molecule has 2 heterocycles. The Kier molecular flexibility index (Phi) is 6.11. The molecule has 130 valence electrons. The molecule has 0 unspecified atom stereocenters. The van der Waals surface area contributed by atoms with Crippen LogP contribution in [0.25, 0.3) is 11.1 Å². The predicted octanol–water partition coefficient (Wildman–Crippen LogP) is 2.17. The average molecular weight is 352 g/mol. The fourth-order valence-corrected chi connectivity index (χ4v) is 2.58. The number of halogens is 1. The molecule has 0 fully saturated rings. The maximum absolute atomic E-state index is 12.6. The molecule has 1 amide bonds. The Balaban J connectivity index is 0.00000208. The molecule has 1 aliphatic heterocycles. The van der Waals surface area contributed by atoms with Crippen molar-refractivity contribution < 1.29 is 14.3 Å². The first kappa shape index (κ1) is 18.2. The number of fused-ring (bicyclic) bond motifs is 1. The molecule has 2 aromatic rings. The number of carbonyl (C=O) groups is 1. The SMILES string of the molecule is CNCCN(C)C(=O)c1c[nH]cc1-c1ccc2c(c1)OCCO2.Cl. The van der Waals surface area contributed by atoms with Crippen molar-refractivity contribution in [1.82, 2.24) is 15.2 Å². The van der Waals surface area contributed by atoms with Crippen molar-refractivity contribution in [3.63, 3.8) is 0 Å². The summed E-state index contributed by atoms with van der Waals surface area (Å²) in [5.74, 6) is 1.46. The van der Waals surface area contributed by atoms with Crippen molar-refractivity contribution in [3.05, 3.63) is 36.2 Å². The Bertz CT molecular complexity index is 702. The number of hydrogen-bond acceptors (Lipinski definition) is 4. The van der Waals surface area contributed by atoms with Gasteiger partial charge in [0.2, 0.25) is 0 Å². The van der Waals surface area contributed by atoms with E-state index in [2.05, 4.69) is 10.3 Å². The van der Waals surface area contributed by atoms with Crippen LogP contribution < -0.4 is 14.8 Å². The molecule has 0 saturated heterocycles. The van der Waals surface area contributed by atoms with Crippen molar-refractivity contribution in [3.8, 4) is 22.6 Å². The molecule has 3 rings (SSSR count). The van der Waals surface area contributed by atoms with E-state index >= 15 is 0 Å². The van der Waals surface area contributed by atoms with Gasteiger partial charge in [-0.2, -0.15) is 0 Å². The van der Waals surface area contributed by atoms with E-state index in [1.54, 1.807) is 18.1 Å². The highest BCUT2D eigenvalue weighted by atomic mass is 35.5. The monoisotopic (exact) mass is 351 g/mol. The molecule has 1 aromatic heterocycles. The van der Waals surface area contributed by atoms with Crippen molar-refractivity contribution in [2.45, 2.75) is 0 Å². The number of likely N-dealkylation sites (N-methyl/N-ethyl adjacent to an activating group) is 2. The second-order valence-electron chi connectivity index (χ2n) is 5.47. The van der Waals surface area contributed by atoms with Gasteiger partial charge in [0, 0.05) is 38.1 Å². The first-order chi connectivity index (χ1) is 11.2. The van der Waals surface area contributed by atoms with Crippen molar-refractivity contribution in [1.29, 1.82) is 0 Å². The van der Waals surface area contributed by atoms with Crippen molar-refractivity contribution in [2.75, 3.05) is 40.4 Å². The zero-order chi connectivity index (χ0) is 16.2. The summed E-state index contributed by atoms with van der Waals surface area (Å²) in [7, 11) is 3.68. The molecule has 0 saturated carbocycles. The van der Waals surface area contributed by atoms with Gasteiger partial charge < -0.3 is 24.7 Å². The number of rotatable bonds is 5. The summed E-state index contributed by atoms with van der Waals surface area (Å²) in [6.45, 7) is 2.52. The van der Waals surface area contributed by atoms with E-state index in [9.17, 15) is 4.79 Å². The lowest BCUT2D eigenvalue weighted by molar-refractivity contribution is 0.0798. The molecule has 6 nitrogen and oxygen atoms in total. The summed E-state index contributed by atoms with van der Waals surface area (Å²) in [5.41, 5.74) is 2.45. The zero-order valence-corrected chi connectivity index (χ0v) is 14.6. The minimum absolute atomic E-state index is 0. The maximum Gasteiger partial charge on any atom is 0.255 e. The van der Waals surface area contributed by atoms with Gasteiger partial charge in [0.25, 0.3) is 5.91 Å². The van der Waals surface area contributed by atoms with Gasteiger partial charge in [-0.25, -0.2) is 0 Å². The van der Waals surface area contributed by atoms with Crippen LogP contribution in [0.4, 0.5) is 0 Å². The summed E-state index contributed by atoms with van der Waals surface area (Å²) < 4.78 is 11.2. The number of aromatic amines is 1. The zero-order valence-electron chi connectivity index (χ0n) is 13.8. The Morgan fingerprint density at radius 2 is 2.00 bits per heavy atom. The molecular formula is C17H22ClN3O3. The smallest absolute Gasteiger partial charge is 0.255 e. The number of hydrogen-bond donors (Lipinski definition) is 2. The third-order valence-corrected chi connectivity index (χ3v) is 3.87. The van der Waals surface area contributed by atoms with Crippen molar-refractivity contribution in [2.24, 2.45) is 0 Å². The van der Waals surface area contributed by atoms with Crippen LogP contribution in [0.1, 0.15) is 10.4 Å². The quantitative estimate of drug-likeness (QED) is 0.866. The van der Waals surface area contributed by atoms with Gasteiger partial charge in [-0.15, -0.1) is 12.4 Å². The van der Waals surface area contributed by atoms with Gasteiger partial charge in [-0.3, -0.25) is 4.79 Å². The van der Waals surface area contributed by atoms with Crippen LogP contribution in [0.15, 0.2) is 30.6 Å². The summed E-state index contributed by atoms with van der Waals surface area (Å²) >= 11 is 0. The van der Waals surface area contributed by atoms with Crippen LogP contribution in [0.5, 0.6) is 11.5 Å². The second-order valence-corrected chi connectivity index (χ2v) is 5.47. The van der Waals surface area contributed by atoms with Gasteiger partial charge >= 0.3 is 0 Å². The number of nitrogens with one attached hydrogen (secondary N) is 2. The van der Waals surface area contributed by atoms with Crippen LogP contribution in [0.2, 0.25) is 0 Å². The fourth-order valence-electron chi connectivity index (χ4n) is 2.58. The second kappa shape index (κ2) is 8.08. The van der Waals surface area contributed by atoms with Crippen LogP contribution in [0, 0.1) is 0 Å². The summed E-state index contributed by atoms with van der Waals surface area (Å²) in [6.07, 6.45) is 3.58. The first-order valence-corrected chi connectivity index (χ1v) is 7.67. The molecule has 0 radical (unpaired) electrons. The number of H-pyrrole nitrogens is 1. The van der Waals surface area contributed by atoms with Gasteiger partial charge in [0.05, 0.1) is 5.56 Å². The standard InChI is InChI=1S/C17H21N3O3.ClH/c1-18-5-6-20(2)17(21)14-11-19-10-13(14)12-3-4-15-16(9-12)23-8-7-22-15;/h3-4,9-11,18-19H,5-8H2,1-2H3;1H. The van der Waals surface area contributed by atoms with Gasteiger partial charge in [0.15, 0.2) is 11.5 Å². The topological polar surface area (TPSA) is 66.6 Å². The largest absolute Gasteiger partial charge is 0.486 e. The van der Waals surface area contributed by atoms with E-state index in [1.165, 1.54) is 0 Å². The Morgan fingerprint density at radius 3 is 2.75 bits per heavy atom. The number of aromatic nitrogens is 1. The Hall–Kier alpha value is -2.18. The molecule has 2 N–H and O–H groups in total. The van der Waals surface area contributed by atoms with Crippen molar-refractivity contribution >= 4 is 18.3 Å². The number of benzene rings is 1. The molecule has 0 bridgehead atoms. The van der Waals surface area contributed by atoms with E-state index in [1.807, 2.05) is 31.4 Å². The number of amides is 1.